The van der Waals surface area contributed by atoms with Gasteiger partial charge in [-0.15, -0.1) is 5.10 Å². The second-order valence-corrected chi connectivity index (χ2v) is 4.08. The normalized spacial score (nSPS) is 14.2. The Balaban J connectivity index is 1.91. The van der Waals surface area contributed by atoms with E-state index in [1.165, 1.54) is 0 Å². The lowest BCUT2D eigenvalue weighted by Gasteiger charge is -2.10. The Bertz CT molecular complexity index is 451. The molecule has 1 aromatic heterocycles. The number of hydrogen-bond acceptors (Lipinski definition) is 6. The van der Waals surface area contributed by atoms with E-state index in [-0.39, 0.29) is 5.97 Å². The topological polar surface area (TPSA) is 64.1 Å². The average molecular weight is 237 g/mol. The molecular weight excluding hydrogens is 226 g/mol. The molecule has 0 fully saturated rings. The maximum absolute atomic E-state index is 11.6. The Kier molecular flexibility index (Phi) is 3.31. The van der Waals surface area contributed by atoms with Gasteiger partial charge in [-0.3, -0.25) is 0 Å². The van der Waals surface area contributed by atoms with Gasteiger partial charge in [0.25, 0.3) is 0 Å². The van der Waals surface area contributed by atoms with Gasteiger partial charge in [0, 0.05) is 6.54 Å². The van der Waals surface area contributed by atoms with E-state index in [1.54, 1.807) is 6.92 Å². The van der Waals surface area contributed by atoms with Crippen LogP contribution in [0.1, 0.15) is 15.4 Å². The van der Waals surface area contributed by atoms with Crippen molar-refractivity contribution in [2.24, 2.45) is 0 Å². The molecule has 0 atom stereocenters. The summed E-state index contributed by atoms with van der Waals surface area (Å²) >= 11 is 1.06. The Morgan fingerprint density at radius 3 is 3.19 bits per heavy atom. The SMILES string of the molecule is Cc1nnsc1C(=O)OCC1=CC=CNC1. The fraction of sp³-hybridized carbons (Fsp3) is 0.300. The largest absolute Gasteiger partial charge is 0.457 e. The van der Waals surface area contributed by atoms with Crippen LogP contribution in [0.5, 0.6) is 0 Å². The second-order valence-electron chi connectivity index (χ2n) is 3.33. The van der Waals surface area contributed by atoms with Crippen LogP contribution in [-0.4, -0.2) is 28.7 Å². The molecule has 1 aliphatic heterocycles. The summed E-state index contributed by atoms with van der Waals surface area (Å²) in [6.07, 6.45) is 5.66. The van der Waals surface area contributed by atoms with Crippen LogP contribution in [0.3, 0.4) is 0 Å². The van der Waals surface area contributed by atoms with Gasteiger partial charge in [-0.1, -0.05) is 10.6 Å². The van der Waals surface area contributed by atoms with Gasteiger partial charge in [-0.2, -0.15) is 0 Å². The first-order chi connectivity index (χ1) is 7.77. The lowest BCUT2D eigenvalue weighted by atomic mass is 10.2. The number of hydrogen-bond donors (Lipinski definition) is 1. The van der Waals surface area contributed by atoms with Gasteiger partial charge in [0.2, 0.25) is 0 Å². The quantitative estimate of drug-likeness (QED) is 0.796. The van der Waals surface area contributed by atoms with Crippen molar-refractivity contribution in [1.29, 1.82) is 0 Å². The highest BCUT2D eigenvalue weighted by Gasteiger charge is 2.15. The lowest BCUT2D eigenvalue weighted by Crippen LogP contribution is -2.18. The summed E-state index contributed by atoms with van der Waals surface area (Å²) in [4.78, 5) is 12.1. The first-order valence-corrected chi connectivity index (χ1v) is 5.59. The number of allylic oxidation sites excluding steroid dienone is 2. The standard InChI is InChI=1S/C10H11N3O2S/c1-7-9(16-13-12-7)10(14)15-6-8-3-2-4-11-5-8/h2-4,11H,5-6H2,1H3. The van der Waals surface area contributed by atoms with Crippen LogP contribution < -0.4 is 5.32 Å². The molecule has 0 radical (unpaired) electrons. The minimum absolute atomic E-state index is 0.299. The number of aryl methyl sites for hydroxylation is 1. The minimum atomic E-state index is -0.358. The van der Waals surface area contributed by atoms with Crippen molar-refractivity contribution in [3.05, 3.63) is 34.5 Å². The molecule has 0 saturated carbocycles. The highest BCUT2D eigenvalue weighted by molar-refractivity contribution is 7.07. The van der Waals surface area contributed by atoms with Crippen molar-refractivity contribution < 1.29 is 9.53 Å². The molecule has 16 heavy (non-hydrogen) atoms. The predicted molar refractivity (Wildman–Crippen MR) is 60.2 cm³/mol. The molecule has 0 bridgehead atoms. The molecule has 0 unspecified atom stereocenters. The van der Waals surface area contributed by atoms with Crippen LogP contribution in [0.15, 0.2) is 23.9 Å². The molecule has 0 amide bonds. The van der Waals surface area contributed by atoms with E-state index in [1.807, 2.05) is 18.4 Å². The Morgan fingerprint density at radius 2 is 2.56 bits per heavy atom. The second kappa shape index (κ2) is 4.89. The van der Waals surface area contributed by atoms with Crippen LogP contribution >= 0.6 is 11.5 Å². The number of nitrogens with zero attached hydrogens (tertiary/aromatic N) is 2. The van der Waals surface area contributed by atoms with E-state index in [0.717, 1.165) is 17.1 Å². The maximum Gasteiger partial charge on any atom is 0.352 e. The maximum atomic E-state index is 11.6. The number of aromatic nitrogens is 2. The fourth-order valence-electron chi connectivity index (χ4n) is 1.24. The van der Waals surface area contributed by atoms with Gasteiger partial charge >= 0.3 is 5.97 Å². The third-order valence-electron chi connectivity index (χ3n) is 2.10. The average Bonchev–Trinajstić information content (AvgIpc) is 2.74. The van der Waals surface area contributed by atoms with E-state index >= 15 is 0 Å². The van der Waals surface area contributed by atoms with Crippen molar-refractivity contribution in [2.45, 2.75) is 6.92 Å². The molecular formula is C10H11N3O2S. The molecule has 0 spiro atoms. The monoisotopic (exact) mass is 237 g/mol. The molecule has 2 rings (SSSR count). The minimum Gasteiger partial charge on any atom is -0.457 e. The first-order valence-electron chi connectivity index (χ1n) is 4.81. The van der Waals surface area contributed by atoms with Gasteiger partial charge in [-0.25, -0.2) is 4.79 Å². The van der Waals surface area contributed by atoms with Gasteiger partial charge < -0.3 is 10.1 Å². The number of carbonyl (C=O) groups excluding carboxylic acids is 1. The molecule has 1 N–H and O–H groups in total. The third-order valence-corrected chi connectivity index (χ3v) is 2.91. The van der Waals surface area contributed by atoms with Gasteiger partial charge in [0.1, 0.15) is 6.61 Å². The summed E-state index contributed by atoms with van der Waals surface area (Å²) < 4.78 is 8.85. The van der Waals surface area contributed by atoms with Crippen LogP contribution in [0.4, 0.5) is 0 Å². The molecule has 0 aliphatic carbocycles. The van der Waals surface area contributed by atoms with Gasteiger partial charge in [-0.05, 0) is 36.3 Å². The smallest absolute Gasteiger partial charge is 0.352 e. The molecule has 6 heteroatoms. The van der Waals surface area contributed by atoms with Crippen LogP contribution in [0.25, 0.3) is 0 Å². The third kappa shape index (κ3) is 2.46. The highest BCUT2D eigenvalue weighted by atomic mass is 32.1. The summed E-state index contributed by atoms with van der Waals surface area (Å²) in [5.74, 6) is -0.358. The predicted octanol–water partition coefficient (Wildman–Crippen LogP) is 1.05. The number of dihydropyridines is 1. The number of rotatable bonds is 3. The van der Waals surface area contributed by atoms with Crippen LogP contribution in [0, 0.1) is 6.92 Å². The Hall–Kier alpha value is -1.69. The molecule has 2 heterocycles. The fourth-order valence-corrected chi connectivity index (χ4v) is 1.79. The number of carbonyl (C=O) groups is 1. The molecule has 5 nitrogen and oxygen atoms in total. The van der Waals surface area contributed by atoms with E-state index in [0.29, 0.717) is 23.7 Å². The molecule has 0 saturated heterocycles. The number of nitrogens with one attached hydrogen (secondary N) is 1. The zero-order valence-electron chi connectivity index (χ0n) is 8.77. The summed E-state index contributed by atoms with van der Waals surface area (Å²) in [7, 11) is 0. The molecule has 84 valence electrons. The van der Waals surface area contributed by atoms with E-state index in [4.69, 9.17) is 4.74 Å². The summed E-state index contributed by atoms with van der Waals surface area (Å²) in [5, 5.41) is 6.80. The molecule has 1 aromatic rings. The summed E-state index contributed by atoms with van der Waals surface area (Å²) in [5.41, 5.74) is 1.65. The number of ether oxygens (including phenoxy) is 1. The lowest BCUT2D eigenvalue weighted by molar-refractivity contribution is 0.0543. The van der Waals surface area contributed by atoms with E-state index in [9.17, 15) is 4.79 Å². The van der Waals surface area contributed by atoms with Crippen molar-refractivity contribution in [2.75, 3.05) is 13.2 Å². The highest BCUT2D eigenvalue weighted by Crippen LogP contribution is 2.11. The van der Waals surface area contributed by atoms with E-state index in [2.05, 4.69) is 14.9 Å². The summed E-state index contributed by atoms with van der Waals surface area (Å²) in [6.45, 7) is 2.75. The zero-order valence-corrected chi connectivity index (χ0v) is 9.58. The summed E-state index contributed by atoms with van der Waals surface area (Å²) in [6, 6.07) is 0. The zero-order chi connectivity index (χ0) is 11.4. The van der Waals surface area contributed by atoms with Crippen LogP contribution in [0.2, 0.25) is 0 Å². The van der Waals surface area contributed by atoms with Crippen molar-refractivity contribution in [1.82, 2.24) is 14.9 Å². The molecule has 0 aromatic carbocycles. The van der Waals surface area contributed by atoms with Gasteiger partial charge in [0.05, 0.1) is 5.69 Å². The molecule has 1 aliphatic rings. The number of esters is 1. The Morgan fingerprint density at radius 1 is 1.69 bits per heavy atom. The van der Waals surface area contributed by atoms with Crippen LogP contribution in [-0.2, 0) is 4.74 Å². The van der Waals surface area contributed by atoms with Gasteiger partial charge in [0.15, 0.2) is 4.88 Å². The van der Waals surface area contributed by atoms with Crippen molar-refractivity contribution in [3.8, 4) is 0 Å². The first kappa shape index (κ1) is 10.8. The van der Waals surface area contributed by atoms with E-state index < -0.39 is 0 Å². The Labute approximate surface area is 97.0 Å². The van der Waals surface area contributed by atoms with Crippen molar-refractivity contribution >= 4 is 17.5 Å². The van der Waals surface area contributed by atoms with Crippen molar-refractivity contribution in [3.63, 3.8) is 0 Å².